The fraction of sp³-hybridized carbons (Fsp3) is 0.520. The second-order valence-electron chi connectivity index (χ2n) is 9.93. The number of carbonyl (C=O) groups is 1. The van der Waals surface area contributed by atoms with Crippen LogP contribution in [0, 0.1) is 0 Å². The molecule has 0 saturated carbocycles. The van der Waals surface area contributed by atoms with Gasteiger partial charge < -0.3 is 24.5 Å². The van der Waals surface area contributed by atoms with E-state index in [0.29, 0.717) is 17.6 Å². The van der Waals surface area contributed by atoms with Crippen molar-refractivity contribution in [2.24, 2.45) is 0 Å². The summed E-state index contributed by atoms with van der Waals surface area (Å²) < 4.78 is 74.9. The number of nitrogens with one attached hydrogen (secondary N) is 2. The van der Waals surface area contributed by atoms with Gasteiger partial charge in [0.1, 0.15) is 35.5 Å². The summed E-state index contributed by atoms with van der Waals surface area (Å²) in [5.74, 6) is -0.402. The Bertz CT molecular complexity index is 1390. The molecule has 3 atom stereocenters. The van der Waals surface area contributed by atoms with E-state index < -0.39 is 43.6 Å². The number of benzene rings is 1. The van der Waals surface area contributed by atoms with Crippen LogP contribution >= 0.6 is 7.44 Å². The van der Waals surface area contributed by atoms with Crippen LogP contribution < -0.4 is 20.6 Å². The molecule has 12 nitrogen and oxygen atoms in total. The average molecular weight is 602 g/mol. The number of methoxy groups -OCH3 is 1. The molecule has 0 spiro atoms. The molecule has 2 heterocycles. The second-order valence-corrected chi connectivity index (χ2v) is 12.1. The van der Waals surface area contributed by atoms with Crippen LogP contribution in [-0.2, 0) is 25.4 Å². The lowest BCUT2D eigenvalue weighted by atomic mass is 10.1. The highest BCUT2D eigenvalue weighted by molar-refractivity contribution is 7.59. The van der Waals surface area contributed by atoms with E-state index in [4.69, 9.17) is 19.9 Å². The number of halogens is 3. The number of fused-ring (bicyclic) bond motifs is 1. The summed E-state index contributed by atoms with van der Waals surface area (Å²) in [6.07, 6.45) is -2.95. The first-order valence-electron chi connectivity index (χ1n) is 12.8. The van der Waals surface area contributed by atoms with E-state index in [2.05, 4.69) is 25.1 Å². The van der Waals surface area contributed by atoms with Crippen LogP contribution in [0.15, 0.2) is 36.9 Å². The Hall–Kier alpha value is -3.26. The van der Waals surface area contributed by atoms with Crippen molar-refractivity contribution in [1.29, 1.82) is 0 Å². The molecule has 2 unspecified atom stereocenters. The van der Waals surface area contributed by atoms with E-state index in [1.165, 1.54) is 57.9 Å². The van der Waals surface area contributed by atoms with E-state index in [9.17, 15) is 22.5 Å². The topological polar surface area (TPSA) is 156 Å². The van der Waals surface area contributed by atoms with Gasteiger partial charge in [0.15, 0.2) is 11.5 Å². The standard InChI is InChI=1S/C25H35F3N7O5P/c1-6-10-39-23(36)24(3,4)34-41(37,33-20(25(26,27)28)17-8-7-9-18(11-17)38-5)15-40-16(2)12-35-14-32-19-21(29)30-13-31-22(19)35/h7-9,11,13-14,16,20H,6,10,12,15H2,1-5H3,(H2,29,30,31)(H2,33,34,37)/t16?,20-,41?/m0/s1. The number of carbonyl (C=O) groups excluding carboxylic acids is 1. The summed E-state index contributed by atoms with van der Waals surface area (Å²) in [6, 6.07) is 2.93. The van der Waals surface area contributed by atoms with E-state index in [1.54, 1.807) is 18.4 Å². The third kappa shape index (κ3) is 8.38. The molecule has 226 valence electrons. The highest BCUT2D eigenvalue weighted by atomic mass is 31.2. The molecule has 4 N–H and O–H groups in total. The molecule has 0 bridgehead atoms. The fourth-order valence-corrected chi connectivity index (χ4v) is 6.31. The molecule has 41 heavy (non-hydrogen) atoms. The maximum absolute atomic E-state index is 14.3. The number of alkyl halides is 3. The van der Waals surface area contributed by atoms with Crippen LogP contribution in [0.25, 0.3) is 11.2 Å². The Balaban J connectivity index is 1.89. The van der Waals surface area contributed by atoms with Crippen LogP contribution in [0.2, 0.25) is 0 Å². The zero-order chi connectivity index (χ0) is 30.4. The van der Waals surface area contributed by atoms with Crippen LogP contribution in [0.1, 0.15) is 45.7 Å². The van der Waals surface area contributed by atoms with Gasteiger partial charge in [0.05, 0.1) is 32.7 Å². The number of imidazole rings is 1. The highest BCUT2D eigenvalue weighted by Crippen LogP contribution is 2.47. The van der Waals surface area contributed by atoms with Crippen LogP contribution in [0.5, 0.6) is 5.75 Å². The molecule has 3 aromatic rings. The quantitative estimate of drug-likeness (QED) is 0.180. The number of anilines is 1. The zero-order valence-electron chi connectivity index (χ0n) is 23.4. The Morgan fingerprint density at radius 1 is 1.22 bits per heavy atom. The zero-order valence-corrected chi connectivity index (χ0v) is 24.3. The Kier molecular flexibility index (Phi) is 10.3. The Labute approximate surface area is 235 Å². The number of ether oxygens (including phenoxy) is 3. The molecule has 0 amide bonds. The first kappa shape index (κ1) is 32.3. The summed E-state index contributed by atoms with van der Waals surface area (Å²) in [6.45, 7) is 6.44. The van der Waals surface area contributed by atoms with Gasteiger partial charge in [-0.15, -0.1) is 0 Å². The van der Waals surface area contributed by atoms with Crippen molar-refractivity contribution in [2.75, 3.05) is 25.8 Å². The summed E-state index contributed by atoms with van der Waals surface area (Å²) in [4.78, 5) is 24.9. The lowest BCUT2D eigenvalue weighted by Crippen LogP contribution is -2.50. The number of nitrogens with zero attached hydrogens (tertiary/aromatic N) is 4. The van der Waals surface area contributed by atoms with Crippen molar-refractivity contribution in [3.63, 3.8) is 0 Å². The van der Waals surface area contributed by atoms with Crippen molar-refractivity contribution >= 4 is 30.4 Å². The molecule has 0 radical (unpaired) electrons. The van der Waals surface area contributed by atoms with Gasteiger partial charge in [-0.1, -0.05) is 19.1 Å². The smallest absolute Gasteiger partial charge is 0.408 e. The summed E-state index contributed by atoms with van der Waals surface area (Å²) >= 11 is 0. The lowest BCUT2D eigenvalue weighted by Gasteiger charge is -2.34. The third-order valence-electron chi connectivity index (χ3n) is 5.92. The Morgan fingerprint density at radius 3 is 2.61 bits per heavy atom. The van der Waals surface area contributed by atoms with Crippen molar-refractivity contribution in [3.8, 4) is 5.75 Å². The molecule has 1 aromatic carbocycles. The van der Waals surface area contributed by atoms with Crippen molar-refractivity contribution in [3.05, 3.63) is 42.5 Å². The van der Waals surface area contributed by atoms with Gasteiger partial charge in [0.25, 0.3) is 0 Å². The van der Waals surface area contributed by atoms with Crippen LogP contribution in [-0.4, -0.2) is 63.4 Å². The predicted molar refractivity (Wildman–Crippen MR) is 146 cm³/mol. The fourth-order valence-electron chi connectivity index (χ4n) is 3.93. The minimum atomic E-state index is -4.86. The molecule has 0 aliphatic rings. The van der Waals surface area contributed by atoms with Gasteiger partial charge in [-0.3, -0.25) is 9.36 Å². The van der Waals surface area contributed by atoms with Crippen molar-refractivity contribution in [1.82, 2.24) is 29.7 Å². The third-order valence-corrected chi connectivity index (χ3v) is 8.03. The average Bonchev–Trinajstić information content (AvgIpc) is 3.32. The van der Waals surface area contributed by atoms with E-state index in [-0.39, 0.29) is 30.3 Å². The number of hydrogen-bond donors (Lipinski definition) is 3. The monoisotopic (exact) mass is 601 g/mol. The molecular formula is C25H35F3N7O5P. The number of esters is 1. The lowest BCUT2D eigenvalue weighted by molar-refractivity contribution is -0.153. The summed E-state index contributed by atoms with van der Waals surface area (Å²) in [5, 5.41) is 4.82. The van der Waals surface area contributed by atoms with Gasteiger partial charge in [-0.2, -0.15) is 13.2 Å². The molecule has 3 rings (SSSR count). The number of nitrogen functional groups attached to an aromatic ring is 1. The highest BCUT2D eigenvalue weighted by Gasteiger charge is 2.47. The molecule has 0 saturated heterocycles. The first-order chi connectivity index (χ1) is 19.2. The molecule has 2 aromatic heterocycles. The van der Waals surface area contributed by atoms with Gasteiger partial charge in [0.2, 0.25) is 7.44 Å². The predicted octanol–water partition coefficient (Wildman–Crippen LogP) is 4.19. The Morgan fingerprint density at radius 2 is 1.95 bits per heavy atom. The number of aromatic nitrogens is 4. The van der Waals surface area contributed by atoms with Gasteiger partial charge in [-0.25, -0.2) is 25.1 Å². The van der Waals surface area contributed by atoms with Gasteiger partial charge in [0, 0.05) is 0 Å². The van der Waals surface area contributed by atoms with Crippen molar-refractivity contribution < 1.29 is 36.7 Å². The molecule has 0 aliphatic heterocycles. The van der Waals surface area contributed by atoms with Gasteiger partial charge in [-0.05, 0) is 44.9 Å². The number of hydrogen-bond acceptors (Lipinski definition) is 9. The molecule has 0 fully saturated rings. The molecule has 16 heteroatoms. The number of rotatable bonds is 14. The van der Waals surface area contributed by atoms with E-state index >= 15 is 0 Å². The SMILES string of the molecule is CCCOC(=O)C(C)(C)NP(=O)(COC(C)Cn1cnc2c(N)ncnc21)N[C@@H](c1cccc(OC)c1)C(F)(F)F. The van der Waals surface area contributed by atoms with Gasteiger partial charge >= 0.3 is 12.1 Å². The second kappa shape index (κ2) is 13.1. The van der Waals surface area contributed by atoms with Crippen molar-refractivity contribution in [2.45, 2.75) is 64.5 Å². The minimum absolute atomic E-state index is 0.0944. The first-order valence-corrected chi connectivity index (χ1v) is 14.7. The van der Waals surface area contributed by atoms with E-state index in [0.717, 1.165) is 0 Å². The van der Waals surface area contributed by atoms with E-state index in [1.807, 2.05) is 0 Å². The molecular weight excluding hydrogens is 566 g/mol. The molecule has 0 aliphatic carbocycles. The minimum Gasteiger partial charge on any atom is -0.497 e. The maximum atomic E-state index is 14.3. The maximum Gasteiger partial charge on any atom is 0.408 e. The normalized spacial score (nSPS) is 15.3. The van der Waals surface area contributed by atoms with Crippen LogP contribution in [0.3, 0.4) is 0 Å². The largest absolute Gasteiger partial charge is 0.497 e. The summed E-state index contributed by atoms with van der Waals surface area (Å²) in [7, 11) is -3.00. The summed E-state index contributed by atoms with van der Waals surface area (Å²) in [5.41, 5.74) is 4.79. The van der Waals surface area contributed by atoms with Crippen LogP contribution in [0.4, 0.5) is 19.0 Å². The number of nitrogens with two attached hydrogens (primary N) is 1.